The van der Waals surface area contributed by atoms with Gasteiger partial charge in [0.25, 0.3) is 11.5 Å². The molecule has 0 unspecified atom stereocenters. The lowest BCUT2D eigenvalue weighted by Crippen LogP contribution is -2.23. The van der Waals surface area contributed by atoms with Gasteiger partial charge in [-0.2, -0.15) is 0 Å². The third kappa shape index (κ3) is 4.69. The summed E-state index contributed by atoms with van der Waals surface area (Å²) in [7, 11) is 3.03. The Morgan fingerprint density at radius 1 is 1.03 bits per heavy atom. The predicted octanol–water partition coefficient (Wildman–Crippen LogP) is 1.84. The Bertz CT molecular complexity index is 1130. The molecule has 1 aliphatic rings. The first-order valence-corrected chi connectivity index (χ1v) is 10.4. The third-order valence-corrected chi connectivity index (χ3v) is 5.41. The minimum atomic E-state index is -0.260. The van der Waals surface area contributed by atoms with Crippen LogP contribution in [0, 0.1) is 0 Å². The number of aromatic nitrogens is 4. The molecule has 3 aromatic heterocycles. The molecule has 3 N–H and O–H groups in total. The number of carbonyl (C=O) groups excluding carboxylic acids is 1. The molecule has 0 saturated heterocycles. The maximum atomic E-state index is 12.4. The highest BCUT2D eigenvalue weighted by Crippen LogP contribution is 2.25. The van der Waals surface area contributed by atoms with E-state index in [4.69, 9.17) is 4.74 Å². The predicted molar refractivity (Wildman–Crippen MR) is 120 cm³/mol. The van der Waals surface area contributed by atoms with E-state index in [0.717, 1.165) is 25.1 Å². The number of nitrogens with one attached hydrogen (secondary N) is 3. The summed E-state index contributed by atoms with van der Waals surface area (Å²) in [5.41, 5.74) is 0.729. The van der Waals surface area contributed by atoms with Crippen molar-refractivity contribution in [2.75, 3.05) is 24.8 Å². The monoisotopic (exact) mass is 435 g/mol. The van der Waals surface area contributed by atoms with Crippen molar-refractivity contribution in [3.8, 4) is 11.4 Å². The Labute approximate surface area is 185 Å². The Morgan fingerprint density at radius 3 is 2.41 bits per heavy atom. The van der Waals surface area contributed by atoms with Crippen LogP contribution in [0.25, 0.3) is 5.69 Å². The summed E-state index contributed by atoms with van der Waals surface area (Å²) in [6, 6.07) is 7.63. The van der Waals surface area contributed by atoms with Gasteiger partial charge in [0.1, 0.15) is 17.3 Å². The highest BCUT2D eigenvalue weighted by molar-refractivity contribution is 5.91. The molecule has 3 aromatic rings. The summed E-state index contributed by atoms with van der Waals surface area (Å²) in [6.07, 6.45) is 9.26. The van der Waals surface area contributed by atoms with Gasteiger partial charge in [-0.25, -0.2) is 15.0 Å². The molecule has 32 heavy (non-hydrogen) atoms. The number of hydrogen-bond acceptors (Lipinski definition) is 8. The van der Waals surface area contributed by atoms with Crippen molar-refractivity contribution in [2.45, 2.75) is 31.3 Å². The first kappa shape index (κ1) is 21.3. The molecule has 0 spiro atoms. The lowest BCUT2D eigenvalue weighted by atomic mass is 10.2. The molecule has 0 radical (unpaired) electrons. The fourth-order valence-corrected chi connectivity index (χ4v) is 3.76. The molecule has 166 valence electrons. The van der Waals surface area contributed by atoms with E-state index in [9.17, 15) is 9.59 Å². The number of anilines is 2. The van der Waals surface area contributed by atoms with Crippen LogP contribution in [0.1, 0.15) is 29.8 Å². The number of methoxy groups -OCH3 is 1. The summed E-state index contributed by atoms with van der Waals surface area (Å²) in [4.78, 5) is 36.8. The lowest BCUT2D eigenvalue weighted by Gasteiger charge is -2.16. The molecule has 10 heteroatoms. The normalized spacial score (nSPS) is 17.6. The van der Waals surface area contributed by atoms with Gasteiger partial charge in [-0.05, 0) is 43.5 Å². The van der Waals surface area contributed by atoms with E-state index < -0.39 is 0 Å². The first-order valence-electron chi connectivity index (χ1n) is 10.4. The fourth-order valence-electron chi connectivity index (χ4n) is 3.76. The minimum absolute atomic E-state index is 0.228. The van der Waals surface area contributed by atoms with Crippen LogP contribution < -0.4 is 26.2 Å². The SMILES string of the molecule is CNC(=O)c1cnc(N[C@@H]2CC[C@@H](Nc3ccc(-n4cccc(OC)c4=O)cn3)C2)cn1. The number of hydrogen-bond donors (Lipinski definition) is 3. The summed E-state index contributed by atoms with van der Waals surface area (Å²) in [5.74, 6) is 1.43. The molecule has 10 nitrogen and oxygen atoms in total. The van der Waals surface area contributed by atoms with Crippen molar-refractivity contribution < 1.29 is 9.53 Å². The molecule has 1 amide bonds. The van der Waals surface area contributed by atoms with Crippen LogP contribution in [0.15, 0.2) is 53.8 Å². The number of pyridine rings is 2. The van der Waals surface area contributed by atoms with E-state index in [1.54, 1.807) is 37.8 Å². The van der Waals surface area contributed by atoms with Crippen LogP contribution in [-0.2, 0) is 0 Å². The van der Waals surface area contributed by atoms with Crippen LogP contribution in [-0.4, -0.2) is 51.7 Å². The Hall–Kier alpha value is -3.95. The second-order valence-electron chi connectivity index (χ2n) is 7.51. The van der Waals surface area contributed by atoms with Crippen molar-refractivity contribution >= 4 is 17.5 Å². The molecule has 0 bridgehead atoms. The molecule has 1 aliphatic carbocycles. The largest absolute Gasteiger partial charge is 0.491 e. The van der Waals surface area contributed by atoms with E-state index in [-0.39, 0.29) is 35.0 Å². The molecule has 0 aromatic carbocycles. The quantitative estimate of drug-likeness (QED) is 0.514. The Morgan fingerprint density at radius 2 is 1.78 bits per heavy atom. The number of rotatable bonds is 7. The van der Waals surface area contributed by atoms with Gasteiger partial charge in [-0.15, -0.1) is 0 Å². The highest BCUT2D eigenvalue weighted by atomic mass is 16.5. The van der Waals surface area contributed by atoms with Crippen molar-refractivity contribution in [1.82, 2.24) is 24.8 Å². The molecule has 2 atom stereocenters. The van der Waals surface area contributed by atoms with Crippen LogP contribution in [0.5, 0.6) is 5.75 Å². The fraction of sp³-hybridized carbons (Fsp3) is 0.318. The average molecular weight is 435 g/mol. The highest BCUT2D eigenvalue weighted by Gasteiger charge is 2.25. The molecule has 1 saturated carbocycles. The second-order valence-corrected chi connectivity index (χ2v) is 7.51. The topological polar surface area (TPSA) is 123 Å². The van der Waals surface area contributed by atoms with Crippen LogP contribution >= 0.6 is 0 Å². The van der Waals surface area contributed by atoms with E-state index >= 15 is 0 Å². The zero-order chi connectivity index (χ0) is 22.5. The standard InChI is InChI=1S/C22H25N7O3/c1-23-21(30)17-12-26-20(13-24-17)28-15-6-5-14(10-15)27-19-8-7-16(11-25-19)29-9-3-4-18(32-2)22(29)31/h3-4,7-9,11-15H,5-6,10H2,1-2H3,(H,23,30)(H,25,27)(H,26,28)/t14-,15-/m1/s1. The molecule has 3 heterocycles. The average Bonchev–Trinajstić information content (AvgIpc) is 3.26. The molecule has 1 fully saturated rings. The number of ether oxygens (including phenoxy) is 1. The van der Waals surface area contributed by atoms with Crippen LogP contribution in [0.3, 0.4) is 0 Å². The molecule has 0 aliphatic heterocycles. The molecular formula is C22H25N7O3. The number of amides is 1. The summed E-state index contributed by atoms with van der Waals surface area (Å²) < 4.78 is 6.60. The molecule has 4 rings (SSSR count). The van der Waals surface area contributed by atoms with Gasteiger partial charge in [0, 0.05) is 25.3 Å². The van der Waals surface area contributed by atoms with E-state index in [1.165, 1.54) is 17.9 Å². The van der Waals surface area contributed by atoms with Crippen molar-refractivity contribution in [1.29, 1.82) is 0 Å². The maximum Gasteiger partial charge on any atom is 0.297 e. The summed E-state index contributed by atoms with van der Waals surface area (Å²) in [5, 5.41) is 9.35. The zero-order valence-electron chi connectivity index (χ0n) is 17.9. The van der Waals surface area contributed by atoms with Gasteiger partial charge in [-0.1, -0.05) is 0 Å². The van der Waals surface area contributed by atoms with Gasteiger partial charge in [-0.3, -0.25) is 14.2 Å². The zero-order valence-corrected chi connectivity index (χ0v) is 17.9. The Balaban J connectivity index is 1.34. The summed E-state index contributed by atoms with van der Waals surface area (Å²) in [6.45, 7) is 0. The third-order valence-electron chi connectivity index (χ3n) is 5.41. The molecular weight excluding hydrogens is 410 g/mol. The second kappa shape index (κ2) is 9.46. The van der Waals surface area contributed by atoms with Gasteiger partial charge >= 0.3 is 0 Å². The lowest BCUT2D eigenvalue weighted by molar-refractivity contribution is 0.0958. The van der Waals surface area contributed by atoms with Crippen molar-refractivity contribution in [3.05, 3.63) is 65.1 Å². The number of carbonyl (C=O) groups is 1. The van der Waals surface area contributed by atoms with E-state index in [1.807, 2.05) is 12.1 Å². The van der Waals surface area contributed by atoms with E-state index in [0.29, 0.717) is 11.5 Å². The number of nitrogens with zero attached hydrogens (tertiary/aromatic N) is 4. The van der Waals surface area contributed by atoms with Crippen molar-refractivity contribution in [3.63, 3.8) is 0 Å². The van der Waals surface area contributed by atoms with Crippen molar-refractivity contribution in [2.24, 2.45) is 0 Å². The van der Waals surface area contributed by atoms with Crippen LogP contribution in [0.2, 0.25) is 0 Å². The maximum absolute atomic E-state index is 12.4. The van der Waals surface area contributed by atoms with Gasteiger partial charge in [0.15, 0.2) is 5.75 Å². The van der Waals surface area contributed by atoms with Gasteiger partial charge in [0.05, 0.1) is 31.4 Å². The van der Waals surface area contributed by atoms with Gasteiger partial charge in [0.2, 0.25) is 0 Å². The summed E-state index contributed by atoms with van der Waals surface area (Å²) >= 11 is 0. The van der Waals surface area contributed by atoms with Gasteiger partial charge < -0.3 is 20.7 Å². The minimum Gasteiger partial charge on any atom is -0.491 e. The first-order chi connectivity index (χ1) is 15.6. The smallest absolute Gasteiger partial charge is 0.297 e. The Kier molecular flexibility index (Phi) is 6.29. The van der Waals surface area contributed by atoms with Crippen LogP contribution in [0.4, 0.5) is 11.6 Å². The van der Waals surface area contributed by atoms with E-state index in [2.05, 4.69) is 30.9 Å².